The average molecular weight is 428 g/mol. The van der Waals surface area contributed by atoms with Crippen LogP contribution >= 0.6 is 23.2 Å². The second-order valence-electron chi connectivity index (χ2n) is 7.23. The van der Waals surface area contributed by atoms with Crippen molar-refractivity contribution in [3.8, 4) is 0 Å². The van der Waals surface area contributed by atoms with Gasteiger partial charge in [0.2, 0.25) is 11.8 Å². The molecule has 3 heterocycles. The number of hydrogen-bond acceptors (Lipinski definition) is 4. The highest BCUT2D eigenvalue weighted by molar-refractivity contribution is 6.31. The number of nitrogens with one attached hydrogen (secondary N) is 2. The molecule has 9 heteroatoms. The normalized spacial score (nSPS) is 20.8. The van der Waals surface area contributed by atoms with Gasteiger partial charge in [0, 0.05) is 15.7 Å². The summed E-state index contributed by atoms with van der Waals surface area (Å²) in [5, 5.41) is 15.4. The second kappa shape index (κ2) is 6.30. The predicted molar refractivity (Wildman–Crippen MR) is 109 cm³/mol. The zero-order valence-corrected chi connectivity index (χ0v) is 16.8. The van der Waals surface area contributed by atoms with Crippen LogP contribution in [-0.2, 0) is 15.0 Å². The molecule has 5 rings (SSSR count). The van der Waals surface area contributed by atoms with Crippen LogP contribution in [0.2, 0.25) is 10.0 Å². The van der Waals surface area contributed by atoms with E-state index in [2.05, 4.69) is 20.9 Å². The van der Waals surface area contributed by atoms with Crippen LogP contribution in [0.3, 0.4) is 0 Å². The highest BCUT2D eigenvalue weighted by Crippen LogP contribution is 2.50. The van der Waals surface area contributed by atoms with E-state index in [9.17, 15) is 9.59 Å². The Morgan fingerprint density at radius 1 is 1.07 bits per heavy atom. The molecule has 1 spiro atoms. The zero-order chi connectivity index (χ0) is 20.3. The lowest BCUT2D eigenvalue weighted by Crippen LogP contribution is -2.44. The van der Waals surface area contributed by atoms with Crippen LogP contribution in [-0.4, -0.2) is 26.8 Å². The molecule has 0 aliphatic carbocycles. The molecule has 0 fully saturated rings. The lowest BCUT2D eigenvalue weighted by Gasteiger charge is -2.30. The van der Waals surface area contributed by atoms with E-state index in [-0.39, 0.29) is 24.3 Å². The van der Waals surface area contributed by atoms with E-state index < -0.39 is 5.41 Å². The highest BCUT2D eigenvalue weighted by atomic mass is 35.5. The Morgan fingerprint density at radius 2 is 1.79 bits per heavy atom. The van der Waals surface area contributed by atoms with Gasteiger partial charge in [0.1, 0.15) is 11.1 Å². The topological polar surface area (TPSA) is 88.9 Å². The number of nitrogens with zero attached hydrogens (tertiary/aromatic N) is 3. The molecular formula is C20H15Cl2N5O2. The SMILES string of the molecule is C[C@H](c1ccc(Cl)cc1)n1nnc2c1NC(=O)C[C@@]21C(=O)Nc2ccc(Cl)cc21. The molecule has 1 aromatic heterocycles. The van der Waals surface area contributed by atoms with Crippen molar-refractivity contribution in [3.05, 3.63) is 69.3 Å². The van der Waals surface area contributed by atoms with E-state index in [1.165, 1.54) is 0 Å². The lowest BCUT2D eigenvalue weighted by atomic mass is 9.74. The van der Waals surface area contributed by atoms with Crippen LogP contribution in [0, 0.1) is 0 Å². The van der Waals surface area contributed by atoms with E-state index in [1.807, 2.05) is 19.1 Å². The summed E-state index contributed by atoms with van der Waals surface area (Å²) in [5.74, 6) is -0.184. The Labute approximate surface area is 176 Å². The van der Waals surface area contributed by atoms with E-state index in [4.69, 9.17) is 23.2 Å². The predicted octanol–water partition coefficient (Wildman–Crippen LogP) is 3.77. The summed E-state index contributed by atoms with van der Waals surface area (Å²) < 4.78 is 1.62. The van der Waals surface area contributed by atoms with Crippen molar-refractivity contribution in [1.29, 1.82) is 0 Å². The van der Waals surface area contributed by atoms with Crippen molar-refractivity contribution in [3.63, 3.8) is 0 Å². The van der Waals surface area contributed by atoms with E-state index in [1.54, 1.807) is 35.0 Å². The number of anilines is 2. The van der Waals surface area contributed by atoms with Crippen LogP contribution in [0.1, 0.15) is 36.2 Å². The first-order valence-corrected chi connectivity index (χ1v) is 9.78. The van der Waals surface area contributed by atoms with E-state index in [0.717, 1.165) is 5.56 Å². The van der Waals surface area contributed by atoms with Crippen LogP contribution in [0.4, 0.5) is 11.5 Å². The summed E-state index contributed by atoms with van der Waals surface area (Å²) in [6.45, 7) is 1.94. The number of aromatic nitrogens is 3. The van der Waals surface area contributed by atoms with Crippen LogP contribution in [0.5, 0.6) is 0 Å². The maximum absolute atomic E-state index is 13.1. The third-order valence-corrected chi connectivity index (χ3v) is 6.07. The molecule has 2 amide bonds. The maximum atomic E-state index is 13.1. The molecule has 2 atom stereocenters. The molecule has 146 valence electrons. The Morgan fingerprint density at radius 3 is 2.55 bits per heavy atom. The minimum atomic E-state index is -1.25. The van der Waals surface area contributed by atoms with Crippen LogP contribution in [0.25, 0.3) is 0 Å². The summed E-state index contributed by atoms with van der Waals surface area (Å²) in [7, 11) is 0. The first-order valence-electron chi connectivity index (χ1n) is 9.02. The van der Waals surface area contributed by atoms with Crippen molar-refractivity contribution >= 4 is 46.5 Å². The third-order valence-electron chi connectivity index (χ3n) is 5.58. The number of carbonyl (C=O) groups excluding carboxylic acids is 2. The van der Waals surface area contributed by atoms with Crippen molar-refractivity contribution in [1.82, 2.24) is 15.0 Å². The third kappa shape index (κ3) is 2.58. The fourth-order valence-electron chi connectivity index (χ4n) is 4.09. The number of benzene rings is 2. The molecular weight excluding hydrogens is 413 g/mol. The van der Waals surface area contributed by atoms with Gasteiger partial charge in [-0.1, -0.05) is 40.5 Å². The van der Waals surface area contributed by atoms with Gasteiger partial charge in [-0.15, -0.1) is 5.10 Å². The number of carbonyl (C=O) groups is 2. The second-order valence-corrected chi connectivity index (χ2v) is 8.11. The quantitative estimate of drug-likeness (QED) is 0.651. The fraction of sp³-hybridized carbons (Fsp3) is 0.200. The van der Waals surface area contributed by atoms with Crippen molar-refractivity contribution < 1.29 is 9.59 Å². The lowest BCUT2D eigenvalue weighted by molar-refractivity contribution is -0.125. The van der Waals surface area contributed by atoms with Crippen molar-refractivity contribution in [2.75, 3.05) is 10.6 Å². The van der Waals surface area contributed by atoms with Crippen LogP contribution < -0.4 is 10.6 Å². The molecule has 2 aliphatic heterocycles. The molecule has 2 aromatic carbocycles. The van der Waals surface area contributed by atoms with Gasteiger partial charge in [0.15, 0.2) is 5.82 Å². The molecule has 2 aliphatic rings. The number of rotatable bonds is 2. The summed E-state index contributed by atoms with van der Waals surface area (Å²) in [6, 6.07) is 12.3. The molecule has 0 saturated heterocycles. The summed E-state index contributed by atoms with van der Waals surface area (Å²) in [4.78, 5) is 25.8. The first-order chi connectivity index (χ1) is 13.9. The highest BCUT2D eigenvalue weighted by Gasteiger charge is 2.56. The standard InChI is InChI=1S/C20H15Cl2N5O2/c1-10(11-2-4-12(21)5-3-11)27-18-17(25-26-27)20(9-16(28)24-18)14-8-13(22)6-7-15(14)23-19(20)29/h2-8,10H,9H2,1H3,(H,23,29)(H,24,28)/t10-,20+/m1/s1. The smallest absolute Gasteiger partial charge is 0.241 e. The number of halogens is 2. The molecule has 7 nitrogen and oxygen atoms in total. The number of fused-ring (bicyclic) bond motifs is 4. The molecule has 2 N–H and O–H groups in total. The van der Waals surface area contributed by atoms with E-state index >= 15 is 0 Å². The Balaban J connectivity index is 1.68. The van der Waals surface area contributed by atoms with Gasteiger partial charge in [-0.2, -0.15) is 0 Å². The maximum Gasteiger partial charge on any atom is 0.241 e. The zero-order valence-electron chi connectivity index (χ0n) is 15.2. The van der Waals surface area contributed by atoms with Gasteiger partial charge in [-0.05, 0) is 48.4 Å². The molecule has 0 radical (unpaired) electrons. The molecule has 29 heavy (non-hydrogen) atoms. The van der Waals surface area contributed by atoms with Gasteiger partial charge in [-0.25, -0.2) is 4.68 Å². The summed E-state index contributed by atoms with van der Waals surface area (Å²) >= 11 is 12.2. The van der Waals surface area contributed by atoms with Gasteiger partial charge in [0.05, 0.1) is 12.5 Å². The Bertz CT molecular complexity index is 1170. The molecule has 0 bridgehead atoms. The summed E-state index contributed by atoms with van der Waals surface area (Å²) in [6.07, 6.45) is -0.0623. The molecule has 3 aromatic rings. The van der Waals surface area contributed by atoms with E-state index in [0.29, 0.717) is 32.8 Å². The monoisotopic (exact) mass is 427 g/mol. The molecule has 0 saturated carbocycles. The first kappa shape index (κ1) is 18.1. The van der Waals surface area contributed by atoms with Gasteiger partial charge in [-0.3, -0.25) is 9.59 Å². The van der Waals surface area contributed by atoms with Crippen molar-refractivity contribution in [2.24, 2.45) is 0 Å². The molecule has 0 unspecified atom stereocenters. The minimum Gasteiger partial charge on any atom is -0.325 e. The Kier molecular flexibility index (Phi) is 3.94. The van der Waals surface area contributed by atoms with Crippen molar-refractivity contribution in [2.45, 2.75) is 24.8 Å². The number of amides is 2. The minimum absolute atomic E-state index is 0.0623. The van der Waals surface area contributed by atoms with Gasteiger partial charge < -0.3 is 10.6 Å². The summed E-state index contributed by atoms with van der Waals surface area (Å²) in [5.41, 5.74) is 1.36. The van der Waals surface area contributed by atoms with Gasteiger partial charge in [0.25, 0.3) is 0 Å². The average Bonchev–Trinajstić information content (AvgIpc) is 3.22. The van der Waals surface area contributed by atoms with Crippen LogP contribution in [0.15, 0.2) is 42.5 Å². The number of hydrogen-bond donors (Lipinski definition) is 2. The Hall–Kier alpha value is -2.90. The fourth-order valence-corrected chi connectivity index (χ4v) is 4.39. The largest absolute Gasteiger partial charge is 0.325 e. The van der Waals surface area contributed by atoms with Gasteiger partial charge >= 0.3 is 0 Å².